The number of benzene rings is 1. The van der Waals surface area contributed by atoms with Crippen molar-refractivity contribution in [3.63, 3.8) is 0 Å². The van der Waals surface area contributed by atoms with Crippen LogP contribution in [0.5, 0.6) is 0 Å². The predicted octanol–water partition coefficient (Wildman–Crippen LogP) is 5.88. The third kappa shape index (κ3) is 3.10. The van der Waals surface area contributed by atoms with Crippen LogP contribution in [0.2, 0.25) is 0 Å². The Hall–Kier alpha value is -2.77. The molecule has 1 aromatic carbocycles. The van der Waals surface area contributed by atoms with E-state index in [4.69, 9.17) is 10.7 Å². The van der Waals surface area contributed by atoms with Crippen molar-refractivity contribution in [2.45, 2.75) is 25.7 Å². The lowest BCUT2D eigenvalue weighted by molar-refractivity contribution is 0.103. The second-order valence-electron chi connectivity index (χ2n) is 7.06. The third-order valence-electron chi connectivity index (χ3n) is 5.28. The molecule has 0 aliphatic heterocycles. The number of anilines is 2. The van der Waals surface area contributed by atoms with Crippen molar-refractivity contribution < 1.29 is 9.18 Å². The Morgan fingerprint density at radius 1 is 1.10 bits per heavy atom. The first-order chi connectivity index (χ1) is 14.1. The molecule has 1 aliphatic carbocycles. The number of nitrogens with zero attached hydrogens (tertiary/aromatic N) is 1. The van der Waals surface area contributed by atoms with E-state index in [9.17, 15) is 9.18 Å². The molecule has 29 heavy (non-hydrogen) atoms. The first kappa shape index (κ1) is 18.3. The second-order valence-corrected chi connectivity index (χ2v) is 9.01. The van der Waals surface area contributed by atoms with Gasteiger partial charge in [-0.25, -0.2) is 9.37 Å². The summed E-state index contributed by atoms with van der Waals surface area (Å²) in [6.07, 6.45) is 4.13. The number of para-hydroxylation sites is 1. The smallest absolute Gasteiger partial charge is 0.268 e. The molecule has 3 N–H and O–H groups in total. The minimum absolute atomic E-state index is 0.142. The van der Waals surface area contributed by atoms with Crippen LogP contribution in [-0.2, 0) is 12.8 Å². The van der Waals surface area contributed by atoms with Crippen molar-refractivity contribution in [3.8, 4) is 10.6 Å². The van der Waals surface area contributed by atoms with E-state index in [2.05, 4.69) is 11.4 Å². The van der Waals surface area contributed by atoms with Crippen LogP contribution >= 0.6 is 22.7 Å². The van der Waals surface area contributed by atoms with Crippen LogP contribution in [0.15, 0.2) is 41.8 Å². The topological polar surface area (TPSA) is 68.0 Å². The summed E-state index contributed by atoms with van der Waals surface area (Å²) < 4.78 is 14.0. The first-order valence-corrected chi connectivity index (χ1v) is 11.2. The zero-order chi connectivity index (χ0) is 20.0. The number of rotatable bonds is 3. The molecule has 0 unspecified atom stereocenters. The van der Waals surface area contributed by atoms with Gasteiger partial charge in [-0.15, -0.1) is 22.7 Å². The summed E-state index contributed by atoms with van der Waals surface area (Å²) in [4.78, 5) is 20.1. The Balaban J connectivity index is 1.64. The summed E-state index contributed by atoms with van der Waals surface area (Å²) in [5, 5.41) is 5.58. The average molecular weight is 424 g/mol. The highest BCUT2D eigenvalue weighted by Gasteiger charge is 2.26. The number of nitrogens with one attached hydrogen (secondary N) is 1. The standard InChI is InChI=1S/C22H18FN3OS2/c23-14-8-3-4-9-15(14)25-21(27)20-18(24)17-12-6-1-2-7-13(12)19(26-22(17)29-20)16-10-5-11-28-16/h3-5,8-11H,1-2,6-7,24H2,(H,25,27). The van der Waals surface area contributed by atoms with Crippen molar-refractivity contribution in [1.29, 1.82) is 0 Å². The molecule has 0 bridgehead atoms. The number of carbonyl (C=O) groups is 1. The van der Waals surface area contributed by atoms with E-state index in [-0.39, 0.29) is 5.69 Å². The third-order valence-corrected chi connectivity index (χ3v) is 7.25. The zero-order valence-electron chi connectivity index (χ0n) is 15.5. The van der Waals surface area contributed by atoms with E-state index >= 15 is 0 Å². The Bertz CT molecular complexity index is 1230. The summed E-state index contributed by atoms with van der Waals surface area (Å²) in [6, 6.07) is 10.2. The van der Waals surface area contributed by atoms with Gasteiger partial charge in [-0.3, -0.25) is 4.79 Å². The molecule has 1 amide bonds. The van der Waals surface area contributed by atoms with Gasteiger partial charge in [0, 0.05) is 5.39 Å². The minimum atomic E-state index is -0.476. The molecule has 0 saturated carbocycles. The maximum atomic E-state index is 14.0. The van der Waals surface area contributed by atoms with Gasteiger partial charge < -0.3 is 11.1 Å². The summed E-state index contributed by atoms with van der Waals surface area (Å²) in [5.41, 5.74) is 10.5. The number of thiophene rings is 2. The monoisotopic (exact) mass is 423 g/mol. The Morgan fingerprint density at radius 2 is 1.90 bits per heavy atom. The summed E-state index contributed by atoms with van der Waals surface area (Å²) >= 11 is 2.94. The first-order valence-electron chi connectivity index (χ1n) is 9.47. The van der Waals surface area contributed by atoms with Gasteiger partial charge in [-0.05, 0) is 60.4 Å². The largest absolute Gasteiger partial charge is 0.397 e. The van der Waals surface area contributed by atoms with E-state index < -0.39 is 11.7 Å². The van der Waals surface area contributed by atoms with Crippen molar-refractivity contribution in [1.82, 2.24) is 4.98 Å². The molecular formula is C22H18FN3OS2. The number of aromatic nitrogens is 1. The number of pyridine rings is 1. The van der Waals surface area contributed by atoms with Crippen LogP contribution in [0.4, 0.5) is 15.8 Å². The van der Waals surface area contributed by atoms with Gasteiger partial charge in [0.2, 0.25) is 0 Å². The normalized spacial score (nSPS) is 13.4. The molecule has 0 saturated heterocycles. The van der Waals surface area contributed by atoms with Crippen molar-refractivity contribution in [3.05, 3.63) is 63.6 Å². The SMILES string of the molecule is Nc1c(C(=O)Nc2ccccc2F)sc2nc(-c3cccs3)c3c(c12)CCCC3. The number of amides is 1. The molecule has 7 heteroatoms. The average Bonchev–Trinajstić information content (AvgIpc) is 3.37. The Labute approximate surface area is 175 Å². The van der Waals surface area contributed by atoms with Crippen molar-refractivity contribution >= 4 is 50.2 Å². The van der Waals surface area contributed by atoms with Gasteiger partial charge in [0.25, 0.3) is 5.91 Å². The molecule has 0 spiro atoms. The lowest BCUT2D eigenvalue weighted by atomic mass is 9.88. The van der Waals surface area contributed by atoms with Crippen molar-refractivity contribution in [2.75, 3.05) is 11.1 Å². The zero-order valence-corrected chi connectivity index (χ0v) is 17.1. The number of halogens is 1. The highest BCUT2D eigenvalue weighted by atomic mass is 32.1. The highest BCUT2D eigenvalue weighted by Crippen LogP contribution is 2.43. The summed E-state index contributed by atoms with van der Waals surface area (Å²) in [5.74, 6) is -0.881. The maximum Gasteiger partial charge on any atom is 0.268 e. The highest BCUT2D eigenvalue weighted by molar-refractivity contribution is 7.21. The van der Waals surface area contributed by atoms with Gasteiger partial charge in [-0.2, -0.15) is 0 Å². The van der Waals surface area contributed by atoms with Gasteiger partial charge in [0.1, 0.15) is 15.5 Å². The molecule has 3 aromatic heterocycles. The molecule has 1 aliphatic rings. The number of aryl methyl sites for hydroxylation is 1. The Morgan fingerprint density at radius 3 is 2.66 bits per heavy atom. The maximum absolute atomic E-state index is 14.0. The second kappa shape index (κ2) is 7.24. The van der Waals surface area contributed by atoms with Gasteiger partial charge in [0.05, 0.1) is 21.9 Å². The lowest BCUT2D eigenvalue weighted by Crippen LogP contribution is -2.13. The molecule has 0 atom stereocenters. The fourth-order valence-electron chi connectivity index (χ4n) is 3.94. The number of carbonyl (C=O) groups excluding carboxylic acids is 1. The minimum Gasteiger partial charge on any atom is -0.397 e. The number of hydrogen-bond acceptors (Lipinski definition) is 5. The lowest BCUT2D eigenvalue weighted by Gasteiger charge is -2.19. The number of nitrogens with two attached hydrogens (primary N) is 1. The van der Waals surface area contributed by atoms with Crippen molar-refractivity contribution in [2.24, 2.45) is 0 Å². The van der Waals surface area contributed by atoms with Crippen LogP contribution in [0, 0.1) is 5.82 Å². The fraction of sp³-hybridized carbons (Fsp3) is 0.182. The predicted molar refractivity (Wildman–Crippen MR) is 118 cm³/mol. The molecule has 0 radical (unpaired) electrons. The number of fused-ring (bicyclic) bond motifs is 3. The number of nitrogen functional groups attached to an aromatic ring is 1. The molecule has 4 nitrogen and oxygen atoms in total. The van der Waals surface area contributed by atoms with Crippen LogP contribution in [0.1, 0.15) is 33.6 Å². The van der Waals surface area contributed by atoms with E-state index in [1.54, 1.807) is 23.5 Å². The van der Waals surface area contributed by atoms with Crippen LogP contribution < -0.4 is 11.1 Å². The Kier molecular flexibility index (Phi) is 4.56. The summed E-state index contributed by atoms with van der Waals surface area (Å²) in [6.45, 7) is 0. The van der Waals surface area contributed by atoms with Crippen LogP contribution in [-0.4, -0.2) is 10.9 Å². The molecule has 146 valence electrons. The molecular weight excluding hydrogens is 405 g/mol. The van der Waals surface area contributed by atoms with E-state index in [0.29, 0.717) is 10.6 Å². The molecule has 3 heterocycles. The molecule has 0 fully saturated rings. The fourth-order valence-corrected chi connectivity index (χ4v) is 5.70. The van der Waals surface area contributed by atoms with E-state index in [1.165, 1.54) is 34.6 Å². The van der Waals surface area contributed by atoms with Crippen LogP contribution in [0.3, 0.4) is 0 Å². The van der Waals surface area contributed by atoms with Gasteiger partial charge >= 0.3 is 0 Å². The molecule has 5 rings (SSSR count). The van der Waals surface area contributed by atoms with E-state index in [1.807, 2.05) is 11.4 Å². The number of hydrogen-bond donors (Lipinski definition) is 2. The van der Waals surface area contributed by atoms with Gasteiger partial charge in [0.15, 0.2) is 0 Å². The van der Waals surface area contributed by atoms with Crippen LogP contribution in [0.25, 0.3) is 20.8 Å². The molecule has 4 aromatic rings. The van der Waals surface area contributed by atoms with E-state index in [0.717, 1.165) is 46.5 Å². The van der Waals surface area contributed by atoms with Gasteiger partial charge in [-0.1, -0.05) is 18.2 Å². The summed E-state index contributed by atoms with van der Waals surface area (Å²) in [7, 11) is 0. The quantitative estimate of drug-likeness (QED) is 0.432.